The second-order valence-corrected chi connectivity index (χ2v) is 5.63. The van der Waals surface area contributed by atoms with Crippen LogP contribution in [0.15, 0.2) is 30.3 Å². The van der Waals surface area contributed by atoms with Gasteiger partial charge in [-0.2, -0.15) is 0 Å². The standard InChI is InChI=1S/C16H26N2O/c1-18(2)16(15-8-4-3-5-9-15)12-17-11-14-7-6-10-19-13-14/h3-5,8-9,14,16-17H,6-7,10-13H2,1-2H3. The number of nitrogens with zero attached hydrogens (tertiary/aromatic N) is 1. The van der Waals surface area contributed by atoms with Gasteiger partial charge in [0.1, 0.15) is 0 Å². The van der Waals surface area contributed by atoms with E-state index in [-0.39, 0.29) is 0 Å². The lowest BCUT2D eigenvalue weighted by atomic mass is 10.0. The molecule has 1 aromatic carbocycles. The highest BCUT2D eigenvalue weighted by Gasteiger charge is 2.16. The second-order valence-electron chi connectivity index (χ2n) is 5.63. The molecule has 1 aromatic rings. The van der Waals surface area contributed by atoms with Crippen molar-refractivity contribution in [1.82, 2.24) is 10.2 Å². The molecule has 0 aromatic heterocycles. The normalized spacial score (nSPS) is 21.5. The lowest BCUT2D eigenvalue weighted by Crippen LogP contribution is -2.35. The van der Waals surface area contributed by atoms with Crippen LogP contribution < -0.4 is 5.32 Å². The summed E-state index contributed by atoms with van der Waals surface area (Å²) in [4.78, 5) is 2.28. The first kappa shape index (κ1) is 14.5. The van der Waals surface area contributed by atoms with Crippen molar-refractivity contribution in [2.75, 3.05) is 40.4 Å². The van der Waals surface area contributed by atoms with Gasteiger partial charge in [0.2, 0.25) is 0 Å². The van der Waals surface area contributed by atoms with Crippen molar-refractivity contribution in [3.8, 4) is 0 Å². The van der Waals surface area contributed by atoms with Crippen molar-refractivity contribution in [3.05, 3.63) is 35.9 Å². The predicted octanol–water partition coefficient (Wildman–Crippen LogP) is 2.31. The molecule has 0 bridgehead atoms. The van der Waals surface area contributed by atoms with Crippen molar-refractivity contribution in [2.45, 2.75) is 18.9 Å². The van der Waals surface area contributed by atoms with Gasteiger partial charge in [-0.15, -0.1) is 0 Å². The molecule has 1 aliphatic rings. The summed E-state index contributed by atoms with van der Waals surface area (Å²) >= 11 is 0. The molecule has 1 N–H and O–H groups in total. The Bertz CT molecular complexity index is 347. The Balaban J connectivity index is 1.80. The van der Waals surface area contributed by atoms with Gasteiger partial charge in [-0.1, -0.05) is 30.3 Å². The van der Waals surface area contributed by atoms with Crippen LogP contribution in [0.3, 0.4) is 0 Å². The molecule has 106 valence electrons. The van der Waals surface area contributed by atoms with Gasteiger partial charge in [0.15, 0.2) is 0 Å². The van der Waals surface area contributed by atoms with Gasteiger partial charge in [-0.25, -0.2) is 0 Å². The Labute approximate surface area is 116 Å². The number of nitrogens with one attached hydrogen (secondary N) is 1. The smallest absolute Gasteiger partial charge is 0.0506 e. The molecule has 2 rings (SSSR count). The van der Waals surface area contributed by atoms with E-state index in [1.165, 1.54) is 18.4 Å². The van der Waals surface area contributed by atoms with E-state index < -0.39 is 0 Å². The maximum atomic E-state index is 5.52. The Morgan fingerprint density at radius 1 is 1.32 bits per heavy atom. The van der Waals surface area contributed by atoms with E-state index in [1.807, 2.05) is 0 Å². The van der Waals surface area contributed by atoms with Crippen molar-refractivity contribution in [3.63, 3.8) is 0 Å². The van der Waals surface area contributed by atoms with E-state index >= 15 is 0 Å². The predicted molar refractivity (Wildman–Crippen MR) is 79.3 cm³/mol. The molecule has 1 aliphatic heterocycles. The quantitative estimate of drug-likeness (QED) is 0.851. The topological polar surface area (TPSA) is 24.5 Å². The first-order chi connectivity index (χ1) is 9.27. The minimum Gasteiger partial charge on any atom is -0.381 e. The summed E-state index contributed by atoms with van der Waals surface area (Å²) in [6, 6.07) is 11.1. The van der Waals surface area contributed by atoms with Crippen LogP contribution >= 0.6 is 0 Å². The van der Waals surface area contributed by atoms with Crippen LogP contribution in [0.4, 0.5) is 0 Å². The van der Waals surface area contributed by atoms with E-state index in [9.17, 15) is 0 Å². The van der Waals surface area contributed by atoms with Gasteiger partial charge in [0, 0.05) is 25.7 Å². The molecule has 0 spiro atoms. The average Bonchev–Trinajstić information content (AvgIpc) is 2.45. The third-order valence-electron chi connectivity index (χ3n) is 3.83. The summed E-state index contributed by atoms with van der Waals surface area (Å²) in [6.45, 7) is 3.93. The maximum absolute atomic E-state index is 5.52. The lowest BCUT2D eigenvalue weighted by molar-refractivity contribution is 0.0543. The SMILES string of the molecule is CN(C)C(CNCC1CCCOC1)c1ccccc1. The molecular formula is C16H26N2O. The van der Waals surface area contributed by atoms with E-state index in [1.54, 1.807) is 0 Å². The summed E-state index contributed by atoms with van der Waals surface area (Å²) < 4.78 is 5.52. The average molecular weight is 262 g/mol. The van der Waals surface area contributed by atoms with Crippen molar-refractivity contribution >= 4 is 0 Å². The Kier molecular flexibility index (Phi) is 5.83. The first-order valence-electron chi connectivity index (χ1n) is 7.27. The zero-order valence-corrected chi connectivity index (χ0v) is 12.1. The van der Waals surface area contributed by atoms with Crippen LogP contribution in [0.5, 0.6) is 0 Å². The van der Waals surface area contributed by atoms with Crippen LogP contribution in [0.25, 0.3) is 0 Å². The van der Waals surface area contributed by atoms with Crippen LogP contribution in [0.1, 0.15) is 24.4 Å². The highest BCUT2D eigenvalue weighted by Crippen LogP contribution is 2.17. The van der Waals surface area contributed by atoms with Gasteiger partial charge in [-0.05, 0) is 38.4 Å². The zero-order valence-electron chi connectivity index (χ0n) is 12.1. The van der Waals surface area contributed by atoms with E-state index in [4.69, 9.17) is 4.74 Å². The molecule has 0 amide bonds. The zero-order chi connectivity index (χ0) is 13.5. The molecule has 0 saturated carbocycles. The van der Waals surface area contributed by atoms with Crippen LogP contribution in [-0.4, -0.2) is 45.3 Å². The van der Waals surface area contributed by atoms with Crippen molar-refractivity contribution in [2.24, 2.45) is 5.92 Å². The summed E-state index contributed by atoms with van der Waals surface area (Å²) in [5.74, 6) is 0.687. The van der Waals surface area contributed by atoms with Crippen molar-refractivity contribution in [1.29, 1.82) is 0 Å². The number of hydrogen-bond donors (Lipinski definition) is 1. The minimum absolute atomic E-state index is 0.436. The summed E-state index contributed by atoms with van der Waals surface area (Å²) in [7, 11) is 4.28. The maximum Gasteiger partial charge on any atom is 0.0506 e. The van der Waals surface area contributed by atoms with Gasteiger partial charge >= 0.3 is 0 Å². The van der Waals surface area contributed by atoms with Gasteiger partial charge in [-0.3, -0.25) is 0 Å². The fourth-order valence-corrected chi connectivity index (χ4v) is 2.67. The number of benzene rings is 1. The molecule has 3 heteroatoms. The fraction of sp³-hybridized carbons (Fsp3) is 0.625. The second kappa shape index (κ2) is 7.63. The summed E-state index contributed by atoms with van der Waals surface area (Å²) in [5.41, 5.74) is 1.37. The van der Waals surface area contributed by atoms with E-state index in [0.29, 0.717) is 12.0 Å². The molecule has 0 radical (unpaired) electrons. The monoisotopic (exact) mass is 262 g/mol. The third kappa shape index (κ3) is 4.60. The molecule has 2 atom stereocenters. The number of rotatable bonds is 6. The van der Waals surface area contributed by atoms with Gasteiger partial charge in [0.25, 0.3) is 0 Å². The third-order valence-corrected chi connectivity index (χ3v) is 3.83. The number of ether oxygens (including phenoxy) is 1. The Hall–Kier alpha value is -0.900. The highest BCUT2D eigenvalue weighted by atomic mass is 16.5. The Morgan fingerprint density at radius 2 is 2.11 bits per heavy atom. The number of likely N-dealkylation sites (N-methyl/N-ethyl adjacent to an activating group) is 1. The van der Waals surface area contributed by atoms with Crippen LogP contribution in [-0.2, 0) is 4.74 Å². The van der Waals surface area contributed by atoms with Crippen LogP contribution in [0, 0.1) is 5.92 Å². The fourth-order valence-electron chi connectivity index (χ4n) is 2.67. The van der Waals surface area contributed by atoms with Gasteiger partial charge in [0.05, 0.1) is 6.61 Å². The Morgan fingerprint density at radius 3 is 2.74 bits per heavy atom. The largest absolute Gasteiger partial charge is 0.381 e. The van der Waals surface area contributed by atoms with Crippen molar-refractivity contribution < 1.29 is 4.74 Å². The van der Waals surface area contributed by atoms with Crippen LogP contribution in [0.2, 0.25) is 0 Å². The molecule has 3 nitrogen and oxygen atoms in total. The molecule has 1 heterocycles. The number of hydrogen-bond acceptors (Lipinski definition) is 3. The molecule has 1 fully saturated rings. The molecule has 19 heavy (non-hydrogen) atoms. The molecule has 2 unspecified atom stereocenters. The first-order valence-corrected chi connectivity index (χ1v) is 7.27. The minimum atomic E-state index is 0.436. The molecule has 0 aliphatic carbocycles. The highest BCUT2D eigenvalue weighted by molar-refractivity contribution is 5.19. The van der Waals surface area contributed by atoms with E-state index in [2.05, 4.69) is 54.6 Å². The summed E-state index contributed by atoms with van der Waals surface area (Å²) in [6.07, 6.45) is 2.51. The summed E-state index contributed by atoms with van der Waals surface area (Å²) in [5, 5.41) is 3.61. The van der Waals surface area contributed by atoms with Gasteiger partial charge < -0.3 is 15.0 Å². The molecular weight excluding hydrogens is 236 g/mol. The molecule has 1 saturated heterocycles. The lowest BCUT2D eigenvalue weighted by Gasteiger charge is -2.27. The van der Waals surface area contributed by atoms with E-state index in [0.717, 1.165) is 26.3 Å².